The van der Waals surface area contributed by atoms with Crippen molar-refractivity contribution < 1.29 is 9.18 Å². The lowest BCUT2D eigenvalue weighted by Gasteiger charge is -2.30. The molecule has 0 bridgehead atoms. The number of hydrogen-bond donors (Lipinski definition) is 2. The van der Waals surface area contributed by atoms with Crippen molar-refractivity contribution in [3.05, 3.63) is 65.5 Å². The van der Waals surface area contributed by atoms with Gasteiger partial charge in [0.25, 0.3) is 0 Å². The minimum absolute atomic E-state index is 0.0386. The molecule has 0 unspecified atom stereocenters. The van der Waals surface area contributed by atoms with Crippen molar-refractivity contribution in [2.75, 3.05) is 12.3 Å². The molecule has 3 nitrogen and oxygen atoms in total. The first-order valence-electron chi connectivity index (χ1n) is 8.95. The van der Waals surface area contributed by atoms with E-state index in [9.17, 15) is 9.18 Å². The highest BCUT2D eigenvalue weighted by Crippen LogP contribution is 2.40. The standard InChI is InChI=1S/C21H25FN2O/c22-18-10-8-17(9-11-18)21(13-3-4-14-21)15-24-20(25)12-7-16-5-1-2-6-19(16)23/h1-2,5-6,8-11H,3-4,7,12-15,23H2,(H,24,25). The molecule has 1 fully saturated rings. The normalized spacial score (nSPS) is 15.9. The summed E-state index contributed by atoms with van der Waals surface area (Å²) in [5.41, 5.74) is 8.73. The predicted molar refractivity (Wildman–Crippen MR) is 98.7 cm³/mol. The van der Waals surface area contributed by atoms with E-state index in [1.165, 1.54) is 12.1 Å². The fraction of sp³-hybridized carbons (Fsp3) is 0.381. The summed E-state index contributed by atoms with van der Waals surface area (Å²) in [7, 11) is 0. The summed E-state index contributed by atoms with van der Waals surface area (Å²) >= 11 is 0. The van der Waals surface area contributed by atoms with Crippen molar-refractivity contribution in [1.29, 1.82) is 0 Å². The van der Waals surface area contributed by atoms with Crippen LogP contribution in [0, 0.1) is 5.82 Å². The van der Waals surface area contributed by atoms with E-state index in [1.54, 1.807) is 0 Å². The smallest absolute Gasteiger partial charge is 0.220 e. The first kappa shape index (κ1) is 17.5. The largest absolute Gasteiger partial charge is 0.399 e. The molecule has 3 N–H and O–H groups in total. The second-order valence-corrected chi connectivity index (χ2v) is 6.97. The lowest BCUT2D eigenvalue weighted by Crippen LogP contribution is -2.39. The van der Waals surface area contributed by atoms with Crippen LogP contribution in [0.25, 0.3) is 0 Å². The van der Waals surface area contributed by atoms with Gasteiger partial charge in [-0.25, -0.2) is 4.39 Å². The van der Waals surface area contributed by atoms with Crippen LogP contribution >= 0.6 is 0 Å². The number of nitrogens with one attached hydrogen (secondary N) is 1. The van der Waals surface area contributed by atoms with Gasteiger partial charge in [-0.2, -0.15) is 0 Å². The van der Waals surface area contributed by atoms with Crippen LogP contribution in [-0.4, -0.2) is 12.5 Å². The maximum Gasteiger partial charge on any atom is 0.220 e. The summed E-state index contributed by atoms with van der Waals surface area (Å²) in [4.78, 5) is 12.3. The molecule has 0 heterocycles. The SMILES string of the molecule is Nc1ccccc1CCC(=O)NCC1(c2ccc(F)cc2)CCCC1. The molecule has 2 aromatic carbocycles. The molecule has 2 aromatic rings. The number of para-hydroxylation sites is 1. The number of hydrogen-bond acceptors (Lipinski definition) is 2. The minimum Gasteiger partial charge on any atom is -0.399 e. The number of halogens is 1. The van der Waals surface area contributed by atoms with Crippen LogP contribution in [0.4, 0.5) is 10.1 Å². The quantitative estimate of drug-likeness (QED) is 0.782. The van der Waals surface area contributed by atoms with E-state index in [4.69, 9.17) is 5.73 Å². The predicted octanol–water partition coefficient (Wildman–Crippen LogP) is 3.97. The van der Waals surface area contributed by atoms with Crippen molar-refractivity contribution >= 4 is 11.6 Å². The van der Waals surface area contributed by atoms with Crippen LogP contribution < -0.4 is 11.1 Å². The van der Waals surface area contributed by atoms with Gasteiger partial charge in [-0.05, 0) is 48.6 Å². The number of nitrogens with two attached hydrogens (primary N) is 1. The van der Waals surface area contributed by atoms with Gasteiger partial charge < -0.3 is 11.1 Å². The summed E-state index contributed by atoms with van der Waals surface area (Å²) in [6.07, 6.45) is 5.42. The number of amides is 1. The van der Waals surface area contributed by atoms with Gasteiger partial charge in [0.15, 0.2) is 0 Å². The zero-order valence-corrected chi connectivity index (χ0v) is 14.4. The molecule has 0 aliphatic heterocycles. The molecular weight excluding hydrogens is 315 g/mol. The molecule has 1 aliphatic carbocycles. The Labute approximate surface area is 148 Å². The van der Waals surface area contributed by atoms with E-state index < -0.39 is 0 Å². The van der Waals surface area contributed by atoms with Gasteiger partial charge in [0, 0.05) is 24.1 Å². The van der Waals surface area contributed by atoms with Gasteiger partial charge in [0.1, 0.15) is 5.82 Å². The van der Waals surface area contributed by atoms with E-state index in [-0.39, 0.29) is 17.1 Å². The summed E-state index contributed by atoms with van der Waals surface area (Å²) in [5, 5.41) is 3.09. The zero-order valence-electron chi connectivity index (χ0n) is 14.4. The van der Waals surface area contributed by atoms with Gasteiger partial charge in [-0.15, -0.1) is 0 Å². The molecule has 4 heteroatoms. The highest BCUT2D eigenvalue weighted by atomic mass is 19.1. The Balaban J connectivity index is 1.59. The van der Waals surface area contributed by atoms with Crippen LogP contribution in [0.15, 0.2) is 48.5 Å². The van der Waals surface area contributed by atoms with E-state index in [0.29, 0.717) is 19.4 Å². The van der Waals surface area contributed by atoms with Gasteiger partial charge in [0.05, 0.1) is 0 Å². The number of rotatable bonds is 6. The first-order valence-corrected chi connectivity index (χ1v) is 8.95. The zero-order chi connectivity index (χ0) is 17.7. The van der Waals surface area contributed by atoms with Crippen LogP contribution in [0.2, 0.25) is 0 Å². The van der Waals surface area contributed by atoms with Crippen molar-refractivity contribution in [2.45, 2.75) is 43.9 Å². The molecule has 1 aliphatic rings. The average Bonchev–Trinajstić information content (AvgIpc) is 3.10. The Hall–Kier alpha value is -2.36. The van der Waals surface area contributed by atoms with Gasteiger partial charge in [-0.1, -0.05) is 43.2 Å². The first-order chi connectivity index (χ1) is 12.1. The highest BCUT2D eigenvalue weighted by molar-refractivity contribution is 5.76. The van der Waals surface area contributed by atoms with Crippen molar-refractivity contribution in [2.24, 2.45) is 0 Å². The van der Waals surface area contributed by atoms with E-state index in [2.05, 4.69) is 5.32 Å². The fourth-order valence-corrected chi connectivity index (χ4v) is 3.79. The van der Waals surface area contributed by atoms with Gasteiger partial charge >= 0.3 is 0 Å². The maximum atomic E-state index is 13.2. The Kier molecular flexibility index (Phi) is 5.37. The molecule has 0 atom stereocenters. The summed E-state index contributed by atoms with van der Waals surface area (Å²) in [6.45, 7) is 0.613. The topological polar surface area (TPSA) is 55.1 Å². The Morgan fingerprint density at radius 2 is 1.76 bits per heavy atom. The Morgan fingerprint density at radius 1 is 1.08 bits per heavy atom. The fourth-order valence-electron chi connectivity index (χ4n) is 3.79. The number of aryl methyl sites for hydroxylation is 1. The number of benzene rings is 2. The van der Waals surface area contributed by atoms with Crippen molar-refractivity contribution in [3.8, 4) is 0 Å². The third-order valence-electron chi connectivity index (χ3n) is 5.32. The van der Waals surface area contributed by atoms with Crippen LogP contribution in [-0.2, 0) is 16.6 Å². The number of anilines is 1. The third kappa shape index (κ3) is 4.19. The van der Waals surface area contributed by atoms with Gasteiger partial charge in [0.2, 0.25) is 5.91 Å². The maximum absolute atomic E-state index is 13.2. The van der Waals surface area contributed by atoms with Crippen LogP contribution in [0.3, 0.4) is 0 Å². The van der Waals surface area contributed by atoms with Gasteiger partial charge in [-0.3, -0.25) is 4.79 Å². The molecule has 0 radical (unpaired) electrons. The molecule has 1 amide bonds. The third-order valence-corrected chi connectivity index (χ3v) is 5.32. The summed E-state index contributed by atoms with van der Waals surface area (Å²) in [6, 6.07) is 14.4. The highest BCUT2D eigenvalue weighted by Gasteiger charge is 2.35. The van der Waals surface area contributed by atoms with Crippen LogP contribution in [0.1, 0.15) is 43.2 Å². The summed E-state index contributed by atoms with van der Waals surface area (Å²) in [5.74, 6) is -0.182. The second kappa shape index (κ2) is 7.68. The molecule has 3 rings (SSSR count). The lowest BCUT2D eigenvalue weighted by atomic mass is 9.78. The number of nitrogen functional groups attached to an aromatic ring is 1. The van der Waals surface area contributed by atoms with Crippen LogP contribution in [0.5, 0.6) is 0 Å². The Morgan fingerprint density at radius 3 is 2.44 bits per heavy atom. The van der Waals surface area contributed by atoms with E-state index >= 15 is 0 Å². The molecule has 25 heavy (non-hydrogen) atoms. The Bertz CT molecular complexity index is 721. The lowest BCUT2D eigenvalue weighted by molar-refractivity contribution is -0.121. The molecule has 0 aromatic heterocycles. The molecule has 1 saturated carbocycles. The minimum atomic E-state index is -0.221. The molecule has 0 spiro atoms. The molecular formula is C21H25FN2O. The van der Waals surface area contributed by atoms with Crippen molar-refractivity contribution in [3.63, 3.8) is 0 Å². The summed E-state index contributed by atoms with van der Waals surface area (Å²) < 4.78 is 13.2. The van der Waals surface area contributed by atoms with E-state index in [0.717, 1.165) is 42.5 Å². The second-order valence-electron chi connectivity index (χ2n) is 6.97. The average molecular weight is 340 g/mol. The van der Waals surface area contributed by atoms with Crippen molar-refractivity contribution in [1.82, 2.24) is 5.32 Å². The number of carbonyl (C=O) groups is 1. The molecule has 132 valence electrons. The molecule has 0 saturated heterocycles. The monoisotopic (exact) mass is 340 g/mol. The van der Waals surface area contributed by atoms with E-state index in [1.807, 2.05) is 36.4 Å². The number of carbonyl (C=O) groups excluding carboxylic acids is 1.